The van der Waals surface area contributed by atoms with Crippen LogP contribution in [0.4, 0.5) is 0 Å². The monoisotopic (exact) mass is 265 g/mol. The van der Waals surface area contributed by atoms with Crippen LogP contribution >= 0.6 is 0 Å². The topological polar surface area (TPSA) is 58.4 Å². The molecule has 5 heteroatoms. The first-order valence-corrected chi connectivity index (χ1v) is 6.89. The molecule has 19 heavy (non-hydrogen) atoms. The summed E-state index contributed by atoms with van der Waals surface area (Å²) in [6, 6.07) is 0.786. The minimum atomic E-state index is -0.725. The van der Waals surface area contributed by atoms with Gasteiger partial charge in [-0.1, -0.05) is 0 Å². The van der Waals surface area contributed by atoms with Gasteiger partial charge in [-0.3, -0.25) is 14.4 Å². The molecule has 1 aromatic rings. The molecule has 0 aromatic carbocycles. The molecule has 5 nitrogen and oxygen atoms in total. The van der Waals surface area contributed by atoms with Crippen molar-refractivity contribution in [1.82, 2.24) is 14.7 Å². The molecule has 106 valence electrons. The maximum atomic E-state index is 10.8. The van der Waals surface area contributed by atoms with Gasteiger partial charge in [0.25, 0.3) is 0 Å². The summed E-state index contributed by atoms with van der Waals surface area (Å²) >= 11 is 0. The molecule has 1 fully saturated rings. The van der Waals surface area contributed by atoms with Crippen LogP contribution in [0.15, 0.2) is 0 Å². The first-order chi connectivity index (χ1) is 8.91. The van der Waals surface area contributed by atoms with Gasteiger partial charge < -0.3 is 5.11 Å². The van der Waals surface area contributed by atoms with E-state index in [-0.39, 0.29) is 12.5 Å². The predicted molar refractivity (Wildman–Crippen MR) is 73.1 cm³/mol. The number of hydrogen-bond acceptors (Lipinski definition) is 3. The van der Waals surface area contributed by atoms with Crippen molar-refractivity contribution in [1.29, 1.82) is 0 Å². The van der Waals surface area contributed by atoms with E-state index in [0.717, 1.165) is 5.69 Å². The second-order valence-corrected chi connectivity index (χ2v) is 5.50. The Morgan fingerprint density at radius 3 is 2.58 bits per heavy atom. The maximum absolute atomic E-state index is 10.8. The number of aromatic nitrogens is 2. The third kappa shape index (κ3) is 2.97. The highest BCUT2D eigenvalue weighted by atomic mass is 16.4. The van der Waals surface area contributed by atoms with Gasteiger partial charge in [-0.25, -0.2) is 0 Å². The zero-order valence-electron chi connectivity index (χ0n) is 12.2. The quantitative estimate of drug-likeness (QED) is 0.855. The zero-order valence-corrected chi connectivity index (χ0v) is 12.2. The van der Waals surface area contributed by atoms with E-state index < -0.39 is 5.97 Å². The SMILES string of the molecule is Cc1nn(C)c(C)c1C(C)N(CCC(=O)O)C1CC1. The summed E-state index contributed by atoms with van der Waals surface area (Å²) in [5, 5.41) is 13.3. The molecule has 1 heterocycles. The van der Waals surface area contributed by atoms with Crippen LogP contribution in [-0.4, -0.2) is 38.3 Å². The van der Waals surface area contributed by atoms with Crippen molar-refractivity contribution in [3.63, 3.8) is 0 Å². The second kappa shape index (κ2) is 5.33. The van der Waals surface area contributed by atoms with Crippen molar-refractivity contribution in [2.45, 2.75) is 52.1 Å². The Labute approximate surface area is 114 Å². The van der Waals surface area contributed by atoms with Gasteiger partial charge >= 0.3 is 5.97 Å². The standard InChI is InChI=1S/C14H23N3O2/c1-9-14(10(2)16(4)15-9)11(3)17(12-5-6-12)8-7-13(18)19/h11-12H,5-8H2,1-4H3,(H,18,19). The van der Waals surface area contributed by atoms with E-state index in [0.29, 0.717) is 12.6 Å². The van der Waals surface area contributed by atoms with Crippen LogP contribution in [0, 0.1) is 13.8 Å². The van der Waals surface area contributed by atoms with Crippen molar-refractivity contribution in [3.05, 3.63) is 17.0 Å². The Bertz CT molecular complexity index is 477. The molecule has 2 rings (SSSR count). The van der Waals surface area contributed by atoms with Gasteiger partial charge in [0.05, 0.1) is 12.1 Å². The van der Waals surface area contributed by atoms with E-state index >= 15 is 0 Å². The van der Waals surface area contributed by atoms with Gasteiger partial charge in [0.1, 0.15) is 0 Å². The first-order valence-electron chi connectivity index (χ1n) is 6.89. The summed E-state index contributed by atoms with van der Waals surface area (Å²) in [6.45, 7) is 6.89. The Kier molecular flexibility index (Phi) is 3.94. The summed E-state index contributed by atoms with van der Waals surface area (Å²) < 4.78 is 1.91. The normalized spacial score (nSPS) is 16.9. The fourth-order valence-corrected chi connectivity index (χ4v) is 2.88. The fraction of sp³-hybridized carbons (Fsp3) is 0.714. The number of carboxylic acid groups (broad SMARTS) is 1. The second-order valence-electron chi connectivity index (χ2n) is 5.50. The molecular weight excluding hydrogens is 242 g/mol. The van der Waals surface area contributed by atoms with Crippen LogP contribution in [0.25, 0.3) is 0 Å². The lowest BCUT2D eigenvalue weighted by Gasteiger charge is -2.29. The Morgan fingerprint density at radius 2 is 2.16 bits per heavy atom. The molecule has 1 N–H and O–H groups in total. The van der Waals surface area contributed by atoms with Crippen molar-refractivity contribution in [2.75, 3.05) is 6.54 Å². The summed E-state index contributed by atoms with van der Waals surface area (Å²) in [6.07, 6.45) is 2.57. The van der Waals surface area contributed by atoms with E-state index in [9.17, 15) is 4.79 Å². The van der Waals surface area contributed by atoms with Crippen molar-refractivity contribution < 1.29 is 9.90 Å². The number of rotatable bonds is 6. The van der Waals surface area contributed by atoms with Crippen LogP contribution in [0.2, 0.25) is 0 Å². The highest BCUT2D eigenvalue weighted by Crippen LogP contribution is 2.36. The van der Waals surface area contributed by atoms with Crippen molar-refractivity contribution >= 4 is 5.97 Å². The highest BCUT2D eigenvalue weighted by molar-refractivity contribution is 5.66. The summed E-state index contributed by atoms with van der Waals surface area (Å²) in [4.78, 5) is 13.1. The summed E-state index contributed by atoms with van der Waals surface area (Å²) in [5.74, 6) is -0.725. The van der Waals surface area contributed by atoms with Gasteiger partial charge in [-0.2, -0.15) is 5.10 Å². The third-order valence-electron chi connectivity index (χ3n) is 4.08. The molecule has 0 amide bonds. The molecule has 0 saturated heterocycles. The number of carboxylic acids is 1. The van der Waals surface area contributed by atoms with Crippen LogP contribution in [0.3, 0.4) is 0 Å². The third-order valence-corrected chi connectivity index (χ3v) is 4.08. The van der Waals surface area contributed by atoms with Gasteiger partial charge in [0.2, 0.25) is 0 Å². The molecule has 1 aliphatic rings. The molecule has 0 aliphatic heterocycles. The van der Waals surface area contributed by atoms with Crippen LogP contribution < -0.4 is 0 Å². The van der Waals surface area contributed by atoms with Crippen LogP contribution in [0.1, 0.15) is 49.2 Å². The van der Waals surface area contributed by atoms with Gasteiger partial charge in [-0.05, 0) is 33.6 Å². The lowest BCUT2D eigenvalue weighted by atomic mass is 10.0. The smallest absolute Gasteiger partial charge is 0.304 e. The zero-order chi connectivity index (χ0) is 14.2. The molecule has 0 bridgehead atoms. The lowest BCUT2D eigenvalue weighted by molar-refractivity contribution is -0.137. The van der Waals surface area contributed by atoms with Crippen molar-refractivity contribution in [2.24, 2.45) is 7.05 Å². The number of hydrogen-bond donors (Lipinski definition) is 1. The van der Waals surface area contributed by atoms with E-state index in [1.165, 1.54) is 24.1 Å². The fourth-order valence-electron chi connectivity index (χ4n) is 2.88. The molecule has 1 unspecified atom stereocenters. The molecule has 1 saturated carbocycles. The Hall–Kier alpha value is -1.36. The van der Waals surface area contributed by atoms with Crippen LogP contribution in [0.5, 0.6) is 0 Å². The minimum Gasteiger partial charge on any atom is -0.481 e. The molecule has 0 spiro atoms. The number of aliphatic carboxylic acids is 1. The van der Waals surface area contributed by atoms with Crippen LogP contribution in [-0.2, 0) is 11.8 Å². The van der Waals surface area contributed by atoms with Gasteiger partial charge in [0, 0.05) is 36.9 Å². The van der Waals surface area contributed by atoms with Gasteiger partial charge in [-0.15, -0.1) is 0 Å². The maximum Gasteiger partial charge on any atom is 0.304 e. The number of carbonyl (C=O) groups is 1. The minimum absolute atomic E-state index is 0.208. The number of aryl methyl sites for hydroxylation is 2. The summed E-state index contributed by atoms with van der Waals surface area (Å²) in [7, 11) is 1.96. The molecule has 1 aromatic heterocycles. The molecule has 1 atom stereocenters. The van der Waals surface area contributed by atoms with Crippen molar-refractivity contribution in [3.8, 4) is 0 Å². The molecule has 0 radical (unpaired) electrons. The highest BCUT2D eigenvalue weighted by Gasteiger charge is 2.34. The predicted octanol–water partition coefficient (Wildman–Crippen LogP) is 2.04. The van der Waals surface area contributed by atoms with Gasteiger partial charge in [0.15, 0.2) is 0 Å². The van der Waals surface area contributed by atoms with E-state index in [1.807, 2.05) is 18.7 Å². The first kappa shape index (κ1) is 14.1. The van der Waals surface area contributed by atoms with E-state index in [1.54, 1.807) is 0 Å². The molecule has 1 aliphatic carbocycles. The average molecular weight is 265 g/mol. The Balaban J connectivity index is 2.18. The summed E-state index contributed by atoms with van der Waals surface area (Å²) in [5.41, 5.74) is 3.47. The lowest BCUT2D eigenvalue weighted by Crippen LogP contribution is -2.32. The Morgan fingerprint density at radius 1 is 1.53 bits per heavy atom. The average Bonchev–Trinajstić information content (AvgIpc) is 3.09. The largest absolute Gasteiger partial charge is 0.481 e. The van der Waals surface area contributed by atoms with E-state index in [4.69, 9.17) is 5.11 Å². The molecular formula is C14H23N3O2. The van der Waals surface area contributed by atoms with E-state index in [2.05, 4.69) is 23.8 Å². The number of nitrogens with zero attached hydrogens (tertiary/aromatic N) is 3.